The lowest BCUT2D eigenvalue weighted by atomic mass is 10.0. The Kier molecular flexibility index (Phi) is 6.12. The van der Waals surface area contributed by atoms with Gasteiger partial charge in [-0.3, -0.25) is 19.6 Å². The third-order valence-corrected chi connectivity index (χ3v) is 8.17. The van der Waals surface area contributed by atoms with Gasteiger partial charge in [-0.2, -0.15) is 5.10 Å². The van der Waals surface area contributed by atoms with Gasteiger partial charge in [-0.05, 0) is 6.92 Å². The lowest BCUT2D eigenvalue weighted by Crippen LogP contribution is -2.71. The van der Waals surface area contributed by atoms with Gasteiger partial charge in [0.25, 0.3) is 11.8 Å². The number of carbonyl (C=O) groups excluding carboxylic acids is 2. The Labute approximate surface area is 193 Å². The van der Waals surface area contributed by atoms with Crippen molar-refractivity contribution in [3.8, 4) is 0 Å². The SMILES string of the molecule is Cc1sc(N)nc1/C(=N/O)C(=O)N[C@@H]1C(=O)N2C(C(=O)O)=C(SCc3cn[nH]c3)CS[C@@H]12. The number of thiazole rings is 1. The van der Waals surface area contributed by atoms with Crippen LogP contribution in [-0.2, 0) is 20.1 Å². The molecule has 0 bridgehead atoms. The van der Waals surface area contributed by atoms with Gasteiger partial charge in [-0.15, -0.1) is 34.9 Å². The molecule has 0 unspecified atom stereocenters. The van der Waals surface area contributed by atoms with Gasteiger partial charge >= 0.3 is 5.97 Å². The lowest BCUT2D eigenvalue weighted by molar-refractivity contribution is -0.150. The number of aliphatic carboxylic acids is 1. The highest BCUT2D eigenvalue weighted by molar-refractivity contribution is 8.05. The predicted octanol–water partition coefficient (Wildman–Crippen LogP) is 0.565. The number of β-lactam (4-membered cyclic amide) rings is 1. The quantitative estimate of drug-likeness (QED) is 0.157. The molecule has 2 aromatic rings. The highest BCUT2D eigenvalue weighted by Gasteiger charge is 2.54. The zero-order valence-corrected chi connectivity index (χ0v) is 18.9. The Morgan fingerprint density at radius 1 is 1.50 bits per heavy atom. The molecule has 12 nitrogen and oxygen atoms in total. The fraction of sp³-hybridized carbons (Fsp3) is 0.294. The molecule has 4 rings (SSSR count). The minimum absolute atomic E-state index is 0.0862. The third-order valence-electron chi connectivity index (χ3n) is 4.74. The number of nitrogens with two attached hydrogens (primary N) is 1. The Balaban J connectivity index is 1.49. The topological polar surface area (TPSA) is 187 Å². The highest BCUT2D eigenvalue weighted by atomic mass is 32.2. The van der Waals surface area contributed by atoms with Crippen LogP contribution in [0.1, 0.15) is 16.1 Å². The Hall–Kier alpha value is -3.04. The van der Waals surface area contributed by atoms with E-state index in [1.807, 2.05) is 0 Å². The highest BCUT2D eigenvalue weighted by Crippen LogP contribution is 2.44. The van der Waals surface area contributed by atoms with E-state index in [1.165, 1.54) is 28.4 Å². The van der Waals surface area contributed by atoms with Crippen LogP contribution >= 0.6 is 34.9 Å². The smallest absolute Gasteiger partial charge is 0.353 e. The zero-order chi connectivity index (χ0) is 23.0. The monoisotopic (exact) mass is 495 g/mol. The van der Waals surface area contributed by atoms with Gasteiger partial charge in [-0.1, -0.05) is 5.16 Å². The number of aromatic amines is 1. The van der Waals surface area contributed by atoms with E-state index in [4.69, 9.17) is 5.73 Å². The van der Waals surface area contributed by atoms with Crippen LogP contribution in [0.2, 0.25) is 0 Å². The molecule has 0 aromatic carbocycles. The molecule has 15 heteroatoms. The van der Waals surface area contributed by atoms with Crippen LogP contribution in [-0.4, -0.2) is 71.1 Å². The van der Waals surface area contributed by atoms with Crippen molar-refractivity contribution in [3.05, 3.63) is 39.1 Å². The fourth-order valence-corrected chi connectivity index (χ4v) is 6.52. The van der Waals surface area contributed by atoms with E-state index in [1.54, 1.807) is 19.3 Å². The zero-order valence-electron chi connectivity index (χ0n) is 16.4. The molecule has 0 aliphatic carbocycles. The normalized spacial score (nSPS) is 20.7. The maximum Gasteiger partial charge on any atom is 0.353 e. The minimum atomic E-state index is -1.21. The fourth-order valence-electron chi connectivity index (χ4n) is 3.28. The number of nitrogens with zero attached hydrogens (tertiary/aromatic N) is 4. The molecule has 1 saturated heterocycles. The number of aromatic nitrogens is 3. The summed E-state index contributed by atoms with van der Waals surface area (Å²) < 4.78 is 0. The van der Waals surface area contributed by atoms with Crippen molar-refractivity contribution in [1.29, 1.82) is 0 Å². The maximum absolute atomic E-state index is 12.8. The van der Waals surface area contributed by atoms with Crippen LogP contribution < -0.4 is 11.1 Å². The van der Waals surface area contributed by atoms with Gasteiger partial charge in [0.15, 0.2) is 10.8 Å². The van der Waals surface area contributed by atoms with E-state index in [0.717, 1.165) is 16.9 Å². The number of carboxylic acids is 1. The van der Waals surface area contributed by atoms with Crippen molar-refractivity contribution in [2.24, 2.45) is 5.16 Å². The second-order valence-electron chi connectivity index (χ2n) is 6.74. The average Bonchev–Trinajstić information content (AvgIpc) is 3.39. The molecule has 2 amide bonds. The average molecular weight is 496 g/mol. The van der Waals surface area contributed by atoms with E-state index < -0.39 is 29.2 Å². The first-order valence-electron chi connectivity index (χ1n) is 9.09. The molecule has 32 heavy (non-hydrogen) atoms. The van der Waals surface area contributed by atoms with Crippen LogP contribution in [0.4, 0.5) is 5.13 Å². The minimum Gasteiger partial charge on any atom is -0.477 e. The number of H-pyrrole nitrogens is 1. The molecule has 168 valence electrons. The molecule has 0 radical (unpaired) electrons. The van der Waals surface area contributed by atoms with E-state index in [-0.39, 0.29) is 22.2 Å². The summed E-state index contributed by atoms with van der Waals surface area (Å²) in [5, 5.41) is 30.8. The van der Waals surface area contributed by atoms with Gasteiger partial charge in [0, 0.05) is 33.0 Å². The first kappa shape index (κ1) is 22.2. The second kappa shape index (κ2) is 8.84. The van der Waals surface area contributed by atoms with Crippen molar-refractivity contribution in [2.75, 3.05) is 11.5 Å². The molecule has 1 fully saturated rings. The summed E-state index contributed by atoms with van der Waals surface area (Å²) in [5.41, 5.74) is 6.20. The molecule has 0 spiro atoms. The second-order valence-corrected chi connectivity index (χ2v) is 10.1. The summed E-state index contributed by atoms with van der Waals surface area (Å²) in [4.78, 5) is 43.7. The number of anilines is 1. The molecule has 0 saturated carbocycles. The number of oxime groups is 1. The molecule has 2 aliphatic heterocycles. The third kappa shape index (κ3) is 3.93. The number of carboxylic acid groups (broad SMARTS) is 1. The van der Waals surface area contributed by atoms with Crippen molar-refractivity contribution >= 4 is 63.5 Å². The first-order chi connectivity index (χ1) is 15.3. The van der Waals surface area contributed by atoms with Crippen LogP contribution in [0.5, 0.6) is 0 Å². The molecular weight excluding hydrogens is 478 g/mol. The summed E-state index contributed by atoms with van der Waals surface area (Å²) in [6.07, 6.45) is 3.36. The van der Waals surface area contributed by atoms with E-state index in [9.17, 15) is 24.7 Å². The van der Waals surface area contributed by atoms with Gasteiger partial charge in [0.2, 0.25) is 0 Å². The van der Waals surface area contributed by atoms with Crippen LogP contribution in [0.25, 0.3) is 0 Å². The summed E-state index contributed by atoms with van der Waals surface area (Å²) in [7, 11) is 0. The number of fused-ring (bicyclic) bond motifs is 1. The molecule has 4 heterocycles. The molecule has 6 N–H and O–H groups in total. The Bertz CT molecular complexity index is 1140. The molecule has 2 aliphatic rings. The number of amides is 2. The lowest BCUT2D eigenvalue weighted by Gasteiger charge is -2.49. The van der Waals surface area contributed by atoms with Crippen LogP contribution in [0.15, 0.2) is 28.2 Å². The summed E-state index contributed by atoms with van der Waals surface area (Å²) >= 11 is 3.80. The van der Waals surface area contributed by atoms with Gasteiger partial charge in [0.05, 0.1) is 6.20 Å². The number of hydrogen-bond acceptors (Lipinski definition) is 11. The van der Waals surface area contributed by atoms with Crippen LogP contribution in [0, 0.1) is 6.92 Å². The van der Waals surface area contributed by atoms with E-state index >= 15 is 0 Å². The molecule has 2 atom stereocenters. The number of thioether (sulfide) groups is 2. The molecule has 2 aromatic heterocycles. The van der Waals surface area contributed by atoms with Crippen molar-refractivity contribution in [2.45, 2.75) is 24.1 Å². The van der Waals surface area contributed by atoms with Crippen molar-refractivity contribution in [3.63, 3.8) is 0 Å². The van der Waals surface area contributed by atoms with Crippen molar-refractivity contribution in [1.82, 2.24) is 25.4 Å². The van der Waals surface area contributed by atoms with Gasteiger partial charge < -0.3 is 21.4 Å². The standard InChI is InChI=1S/C17H17N7O5S3/c1-6-9(22-17(18)32-6)10(23-29)13(25)21-11-14(26)24-12(16(27)28)8(5-31-15(11)24)30-4-7-2-19-20-3-7/h2-3,11,15,29H,4-5H2,1H3,(H2,18,22)(H,19,20)(H,21,25)(H,27,28)/b23-10-/t11-,15+/m1/s1. The van der Waals surface area contributed by atoms with E-state index in [0.29, 0.717) is 21.3 Å². The molecular formula is C17H17N7O5S3. The summed E-state index contributed by atoms with van der Waals surface area (Å²) in [6, 6.07) is -0.963. The number of hydrogen-bond donors (Lipinski definition) is 5. The number of nitrogens with one attached hydrogen (secondary N) is 2. The summed E-state index contributed by atoms with van der Waals surface area (Å²) in [6.45, 7) is 1.67. The summed E-state index contributed by atoms with van der Waals surface area (Å²) in [5.74, 6) is -1.70. The van der Waals surface area contributed by atoms with Gasteiger partial charge in [0.1, 0.15) is 22.8 Å². The predicted molar refractivity (Wildman–Crippen MR) is 119 cm³/mol. The number of carbonyl (C=O) groups is 3. The van der Waals surface area contributed by atoms with Gasteiger partial charge in [-0.25, -0.2) is 9.78 Å². The largest absolute Gasteiger partial charge is 0.477 e. The Morgan fingerprint density at radius 2 is 2.28 bits per heavy atom. The number of rotatable bonds is 7. The van der Waals surface area contributed by atoms with E-state index in [2.05, 4.69) is 25.7 Å². The first-order valence-corrected chi connectivity index (χ1v) is 11.9. The Morgan fingerprint density at radius 3 is 2.88 bits per heavy atom. The van der Waals surface area contributed by atoms with Crippen molar-refractivity contribution < 1.29 is 24.7 Å². The number of nitrogen functional groups attached to an aromatic ring is 1. The maximum atomic E-state index is 12.8. The number of aryl methyl sites for hydroxylation is 1. The van der Waals surface area contributed by atoms with Crippen LogP contribution in [0.3, 0.4) is 0 Å².